The molecule has 0 atom stereocenters. The lowest BCUT2D eigenvalue weighted by molar-refractivity contribution is 0.244. The van der Waals surface area contributed by atoms with Crippen LogP contribution in [-0.2, 0) is 0 Å². The maximum atomic E-state index is 10.9. The van der Waals surface area contributed by atoms with Crippen molar-refractivity contribution in [1.29, 1.82) is 5.41 Å². The Morgan fingerprint density at radius 2 is 1.86 bits per heavy atom. The maximum Gasteiger partial charge on any atom is 0.331 e. The van der Waals surface area contributed by atoms with Crippen LogP contribution in [0.4, 0.5) is 4.79 Å². The molecule has 0 aromatic carbocycles. The molecule has 0 saturated heterocycles. The summed E-state index contributed by atoms with van der Waals surface area (Å²) in [6, 6.07) is -0.659. The number of carbonyl (C=O) groups is 1. The number of carbonyl (C=O) groups excluding carboxylic acids is 1. The molecule has 1 aliphatic carbocycles. The molecule has 14 heavy (non-hydrogen) atoms. The SMILES string of the molecule is N=C(N)N(SC1CCCCC1)C(N)=O. The summed E-state index contributed by atoms with van der Waals surface area (Å²) in [5.74, 6) is -0.284. The molecule has 0 aromatic heterocycles. The van der Waals surface area contributed by atoms with Gasteiger partial charge in [-0.1, -0.05) is 19.3 Å². The molecule has 5 N–H and O–H groups in total. The molecule has 0 heterocycles. The molecule has 0 spiro atoms. The van der Waals surface area contributed by atoms with E-state index in [2.05, 4.69) is 0 Å². The average molecular weight is 216 g/mol. The van der Waals surface area contributed by atoms with Crippen molar-refractivity contribution in [3.63, 3.8) is 0 Å². The molecule has 1 fully saturated rings. The molecule has 1 aliphatic rings. The Bertz CT molecular complexity index is 213. The van der Waals surface area contributed by atoms with Gasteiger partial charge in [0.25, 0.3) is 0 Å². The smallest absolute Gasteiger partial charge is 0.331 e. The summed E-state index contributed by atoms with van der Waals surface area (Å²) in [5.41, 5.74) is 10.3. The molecular formula is C8H16N4OS. The molecule has 1 rings (SSSR count). The van der Waals surface area contributed by atoms with Gasteiger partial charge in [0.15, 0.2) is 0 Å². The molecule has 0 radical (unpaired) electrons. The van der Waals surface area contributed by atoms with Crippen molar-refractivity contribution < 1.29 is 4.79 Å². The van der Waals surface area contributed by atoms with E-state index in [1.54, 1.807) is 0 Å². The molecule has 6 heteroatoms. The fourth-order valence-corrected chi connectivity index (χ4v) is 2.61. The third-order valence-corrected chi connectivity index (χ3v) is 3.58. The van der Waals surface area contributed by atoms with E-state index >= 15 is 0 Å². The third kappa shape index (κ3) is 3.10. The van der Waals surface area contributed by atoms with Crippen molar-refractivity contribution in [2.24, 2.45) is 11.5 Å². The van der Waals surface area contributed by atoms with Crippen LogP contribution in [0.2, 0.25) is 0 Å². The first-order valence-electron chi connectivity index (χ1n) is 4.71. The van der Waals surface area contributed by atoms with Gasteiger partial charge in [0.05, 0.1) is 0 Å². The Morgan fingerprint density at radius 3 is 2.29 bits per heavy atom. The van der Waals surface area contributed by atoms with Gasteiger partial charge in [0, 0.05) is 5.25 Å². The number of hydrogen-bond donors (Lipinski definition) is 3. The van der Waals surface area contributed by atoms with Gasteiger partial charge in [-0.05, 0) is 24.8 Å². The largest absolute Gasteiger partial charge is 0.369 e. The minimum Gasteiger partial charge on any atom is -0.369 e. The van der Waals surface area contributed by atoms with Gasteiger partial charge in [0.1, 0.15) is 0 Å². The van der Waals surface area contributed by atoms with Crippen LogP contribution in [0, 0.1) is 5.41 Å². The number of nitrogens with one attached hydrogen (secondary N) is 1. The Hall–Kier alpha value is -0.910. The summed E-state index contributed by atoms with van der Waals surface area (Å²) in [6.45, 7) is 0. The molecule has 0 unspecified atom stereocenters. The highest BCUT2D eigenvalue weighted by Gasteiger charge is 2.22. The average Bonchev–Trinajstić information content (AvgIpc) is 2.15. The molecule has 0 aromatic rings. The van der Waals surface area contributed by atoms with Gasteiger partial charge in [-0.2, -0.15) is 0 Å². The molecule has 0 aliphatic heterocycles. The van der Waals surface area contributed by atoms with E-state index in [0.717, 1.165) is 17.1 Å². The zero-order chi connectivity index (χ0) is 10.6. The first-order chi connectivity index (χ1) is 6.61. The minimum absolute atomic E-state index is 0.284. The lowest BCUT2D eigenvalue weighted by Gasteiger charge is -2.25. The number of urea groups is 1. The van der Waals surface area contributed by atoms with E-state index in [9.17, 15) is 4.79 Å². The molecular weight excluding hydrogens is 200 g/mol. The second-order valence-corrected chi connectivity index (χ2v) is 4.63. The van der Waals surface area contributed by atoms with Crippen LogP contribution >= 0.6 is 11.9 Å². The van der Waals surface area contributed by atoms with Crippen LogP contribution in [0.5, 0.6) is 0 Å². The van der Waals surface area contributed by atoms with Gasteiger partial charge >= 0.3 is 6.03 Å². The fourth-order valence-electron chi connectivity index (χ4n) is 1.55. The first kappa shape index (κ1) is 11.2. The minimum atomic E-state index is -0.659. The van der Waals surface area contributed by atoms with Crippen LogP contribution in [0.15, 0.2) is 0 Å². The predicted molar refractivity (Wildman–Crippen MR) is 57.8 cm³/mol. The standard InChI is InChI=1S/C8H16N4OS/c9-7(10)12(8(11)13)14-6-4-2-1-3-5-6/h6H,1-5H2,(H3,9,10)(H2,11,13). The second kappa shape index (κ2) is 5.09. The normalized spacial score (nSPS) is 17.7. The van der Waals surface area contributed by atoms with E-state index < -0.39 is 6.03 Å². The Kier molecular flexibility index (Phi) is 4.06. The van der Waals surface area contributed by atoms with Gasteiger partial charge in [-0.25, -0.2) is 9.10 Å². The zero-order valence-electron chi connectivity index (χ0n) is 8.03. The topological polar surface area (TPSA) is 96.2 Å². The number of hydrogen-bond acceptors (Lipinski definition) is 3. The monoisotopic (exact) mass is 216 g/mol. The summed E-state index contributed by atoms with van der Waals surface area (Å²) in [7, 11) is 0. The van der Waals surface area contributed by atoms with Crippen molar-refractivity contribution in [2.75, 3.05) is 0 Å². The highest BCUT2D eigenvalue weighted by Crippen LogP contribution is 2.30. The zero-order valence-corrected chi connectivity index (χ0v) is 8.85. The maximum absolute atomic E-state index is 10.9. The fraction of sp³-hybridized carbons (Fsp3) is 0.750. The number of nitrogens with two attached hydrogens (primary N) is 2. The summed E-state index contributed by atoms with van der Waals surface area (Å²) in [5, 5.41) is 7.56. The van der Waals surface area contributed by atoms with Crippen LogP contribution in [-0.4, -0.2) is 21.5 Å². The number of primary amides is 1. The number of guanidine groups is 1. The molecule has 0 bridgehead atoms. The van der Waals surface area contributed by atoms with Gasteiger partial charge in [-0.15, -0.1) is 0 Å². The highest BCUT2D eigenvalue weighted by molar-refractivity contribution is 7.98. The van der Waals surface area contributed by atoms with Gasteiger partial charge < -0.3 is 11.5 Å². The van der Waals surface area contributed by atoms with E-state index in [1.165, 1.54) is 31.2 Å². The van der Waals surface area contributed by atoms with Crippen LogP contribution < -0.4 is 11.5 Å². The number of amides is 2. The first-order valence-corrected chi connectivity index (χ1v) is 5.55. The van der Waals surface area contributed by atoms with Crippen molar-refractivity contribution >= 4 is 23.9 Å². The van der Waals surface area contributed by atoms with Gasteiger partial charge in [0.2, 0.25) is 5.96 Å². The molecule has 2 amide bonds. The van der Waals surface area contributed by atoms with Crippen LogP contribution in [0.3, 0.4) is 0 Å². The van der Waals surface area contributed by atoms with Crippen LogP contribution in [0.25, 0.3) is 0 Å². The van der Waals surface area contributed by atoms with Gasteiger partial charge in [-0.3, -0.25) is 5.41 Å². The van der Waals surface area contributed by atoms with E-state index in [4.69, 9.17) is 16.9 Å². The van der Waals surface area contributed by atoms with Crippen molar-refractivity contribution in [3.05, 3.63) is 0 Å². The predicted octanol–water partition coefficient (Wildman–Crippen LogP) is 1.24. The van der Waals surface area contributed by atoms with E-state index in [-0.39, 0.29) is 5.96 Å². The third-order valence-electron chi connectivity index (χ3n) is 2.23. The summed E-state index contributed by atoms with van der Waals surface area (Å²) in [4.78, 5) is 10.9. The number of rotatable bonds is 2. The lowest BCUT2D eigenvalue weighted by atomic mass is 10.0. The summed E-state index contributed by atoms with van der Waals surface area (Å²) >= 11 is 1.29. The highest BCUT2D eigenvalue weighted by atomic mass is 32.2. The molecule has 80 valence electrons. The second-order valence-electron chi connectivity index (χ2n) is 3.38. The van der Waals surface area contributed by atoms with E-state index in [1.807, 2.05) is 0 Å². The van der Waals surface area contributed by atoms with Crippen molar-refractivity contribution in [1.82, 2.24) is 4.31 Å². The lowest BCUT2D eigenvalue weighted by Crippen LogP contribution is -2.41. The quantitative estimate of drug-likeness (QED) is 0.368. The van der Waals surface area contributed by atoms with Crippen molar-refractivity contribution in [2.45, 2.75) is 37.4 Å². The van der Waals surface area contributed by atoms with Crippen molar-refractivity contribution in [3.8, 4) is 0 Å². The Labute approximate surface area is 87.8 Å². The Morgan fingerprint density at radius 1 is 1.29 bits per heavy atom. The molecule has 5 nitrogen and oxygen atoms in total. The number of nitrogens with zero attached hydrogens (tertiary/aromatic N) is 1. The Balaban J connectivity index is 2.45. The molecule has 1 saturated carbocycles. The summed E-state index contributed by atoms with van der Waals surface area (Å²) in [6.07, 6.45) is 5.77. The van der Waals surface area contributed by atoms with E-state index in [0.29, 0.717) is 5.25 Å². The summed E-state index contributed by atoms with van der Waals surface area (Å²) < 4.78 is 1.07. The van der Waals surface area contributed by atoms with Crippen LogP contribution in [0.1, 0.15) is 32.1 Å².